The van der Waals surface area contributed by atoms with Crippen LogP contribution in [0, 0.1) is 0 Å². The molecule has 0 amide bonds. The molecule has 0 aliphatic heterocycles. The van der Waals surface area contributed by atoms with Gasteiger partial charge in [0.05, 0.1) is 14.2 Å². The van der Waals surface area contributed by atoms with E-state index in [-0.39, 0.29) is 0 Å². The molecule has 1 heterocycles. The van der Waals surface area contributed by atoms with Crippen molar-refractivity contribution in [2.75, 3.05) is 14.2 Å². The highest BCUT2D eigenvalue weighted by Gasteiger charge is 2.07. The monoisotopic (exact) mass is 243 g/mol. The highest BCUT2D eigenvalue weighted by atomic mass is 16.5. The van der Waals surface area contributed by atoms with E-state index in [1.807, 2.05) is 36.5 Å². The molecule has 0 fully saturated rings. The topological polar surface area (TPSA) is 34.2 Å². The molecule has 0 saturated carbocycles. The van der Waals surface area contributed by atoms with Gasteiger partial charge in [-0.25, -0.2) is 0 Å². The minimum Gasteiger partial charge on any atom is -0.493 e. The summed E-state index contributed by atoms with van der Waals surface area (Å²) in [5, 5.41) is 0. The average Bonchev–Trinajstić information content (AvgIpc) is 2.90. The zero-order valence-corrected chi connectivity index (χ0v) is 10.7. The predicted molar refractivity (Wildman–Crippen MR) is 73.1 cm³/mol. The van der Waals surface area contributed by atoms with E-state index in [1.165, 1.54) is 0 Å². The van der Waals surface area contributed by atoms with Gasteiger partial charge in [0.15, 0.2) is 11.5 Å². The Morgan fingerprint density at radius 1 is 1.17 bits per heavy atom. The van der Waals surface area contributed by atoms with Crippen LogP contribution in [0.1, 0.15) is 11.3 Å². The van der Waals surface area contributed by atoms with Crippen LogP contribution in [0.4, 0.5) is 0 Å². The van der Waals surface area contributed by atoms with Crippen LogP contribution >= 0.6 is 0 Å². The van der Waals surface area contributed by atoms with E-state index in [4.69, 9.17) is 9.47 Å². The van der Waals surface area contributed by atoms with E-state index in [2.05, 4.69) is 11.6 Å². The van der Waals surface area contributed by atoms with Crippen LogP contribution in [-0.4, -0.2) is 19.2 Å². The second-order valence-electron chi connectivity index (χ2n) is 4.05. The Labute approximate surface area is 107 Å². The number of aromatic amines is 1. The summed E-state index contributed by atoms with van der Waals surface area (Å²) in [5.41, 5.74) is 3.25. The van der Waals surface area contributed by atoms with Gasteiger partial charge in [0.2, 0.25) is 0 Å². The Kier molecular flexibility index (Phi) is 3.72. The number of H-pyrrole nitrogens is 1. The van der Waals surface area contributed by atoms with Gasteiger partial charge in [-0.3, -0.25) is 0 Å². The van der Waals surface area contributed by atoms with Crippen molar-refractivity contribution in [3.8, 4) is 11.5 Å². The molecule has 0 aliphatic rings. The lowest BCUT2D eigenvalue weighted by Gasteiger charge is -2.11. The normalized spacial score (nSPS) is 10.1. The van der Waals surface area contributed by atoms with Crippen LogP contribution in [0.15, 0.2) is 43.1 Å². The molecule has 3 nitrogen and oxygen atoms in total. The van der Waals surface area contributed by atoms with Gasteiger partial charge >= 0.3 is 0 Å². The maximum absolute atomic E-state index is 5.29. The molecule has 0 spiro atoms. The number of allylic oxidation sites excluding steroid dienone is 1. The third-order valence-corrected chi connectivity index (χ3v) is 2.86. The molecule has 0 aliphatic carbocycles. The number of methoxy groups -OCH3 is 2. The Morgan fingerprint density at radius 3 is 2.56 bits per heavy atom. The lowest BCUT2D eigenvalue weighted by Crippen LogP contribution is -1.94. The smallest absolute Gasteiger partial charge is 0.161 e. The van der Waals surface area contributed by atoms with Crippen molar-refractivity contribution in [3.63, 3.8) is 0 Å². The molecule has 0 atom stereocenters. The van der Waals surface area contributed by atoms with E-state index in [0.29, 0.717) is 0 Å². The van der Waals surface area contributed by atoms with Crippen molar-refractivity contribution in [3.05, 3.63) is 54.4 Å². The molecular weight excluding hydrogens is 226 g/mol. The maximum Gasteiger partial charge on any atom is 0.161 e. The van der Waals surface area contributed by atoms with Crippen molar-refractivity contribution in [1.29, 1.82) is 0 Å². The summed E-state index contributed by atoms with van der Waals surface area (Å²) in [7, 11) is 3.26. The highest BCUT2D eigenvalue weighted by Crippen LogP contribution is 2.30. The van der Waals surface area contributed by atoms with Crippen molar-refractivity contribution >= 4 is 5.57 Å². The van der Waals surface area contributed by atoms with Gasteiger partial charge in [-0.2, -0.15) is 0 Å². The van der Waals surface area contributed by atoms with Gasteiger partial charge in [-0.1, -0.05) is 12.6 Å². The Bertz CT molecular complexity index is 529. The molecule has 1 aromatic heterocycles. The number of nitrogens with one attached hydrogen (secondary N) is 1. The quantitative estimate of drug-likeness (QED) is 0.874. The van der Waals surface area contributed by atoms with Gasteiger partial charge in [0, 0.05) is 18.3 Å². The van der Waals surface area contributed by atoms with Crippen LogP contribution in [0.25, 0.3) is 5.57 Å². The largest absolute Gasteiger partial charge is 0.493 e. The maximum atomic E-state index is 5.29. The molecule has 1 aromatic carbocycles. The zero-order valence-electron chi connectivity index (χ0n) is 10.7. The van der Waals surface area contributed by atoms with Gasteiger partial charge in [-0.05, 0) is 35.4 Å². The molecule has 0 bridgehead atoms. The summed E-state index contributed by atoms with van der Waals surface area (Å²) in [6.07, 6.45) is 2.71. The molecular formula is C15H17NO2. The van der Waals surface area contributed by atoms with E-state index in [9.17, 15) is 0 Å². The Balaban J connectivity index is 2.20. The number of rotatable bonds is 5. The highest BCUT2D eigenvalue weighted by molar-refractivity contribution is 5.67. The number of benzene rings is 1. The predicted octanol–water partition coefficient (Wildman–Crippen LogP) is 3.29. The molecule has 2 rings (SSSR count). The lowest BCUT2D eigenvalue weighted by atomic mass is 10.0. The number of aromatic nitrogens is 1. The summed E-state index contributed by atoms with van der Waals surface area (Å²) in [4.78, 5) is 3.17. The summed E-state index contributed by atoms with van der Waals surface area (Å²) < 4.78 is 10.5. The molecule has 18 heavy (non-hydrogen) atoms. The lowest BCUT2D eigenvalue weighted by molar-refractivity contribution is 0.355. The standard InChI is InChI=1S/C15H17NO2/c1-11(9-13-5-4-8-16-13)12-6-7-14(17-2)15(10-12)18-3/h4-8,10,16H,1,9H2,2-3H3. The van der Waals surface area contributed by atoms with Crippen molar-refractivity contribution in [2.24, 2.45) is 0 Å². The molecule has 3 heteroatoms. The first kappa shape index (κ1) is 12.3. The van der Waals surface area contributed by atoms with E-state index in [0.717, 1.165) is 34.8 Å². The van der Waals surface area contributed by atoms with E-state index in [1.54, 1.807) is 14.2 Å². The van der Waals surface area contributed by atoms with Crippen molar-refractivity contribution in [1.82, 2.24) is 4.98 Å². The average molecular weight is 243 g/mol. The number of hydrogen-bond acceptors (Lipinski definition) is 2. The van der Waals surface area contributed by atoms with Crippen LogP contribution < -0.4 is 9.47 Å². The van der Waals surface area contributed by atoms with Gasteiger partial charge < -0.3 is 14.5 Å². The molecule has 0 radical (unpaired) electrons. The fourth-order valence-electron chi connectivity index (χ4n) is 1.87. The summed E-state index contributed by atoms with van der Waals surface area (Å²) in [6, 6.07) is 9.87. The first-order chi connectivity index (χ1) is 8.74. The van der Waals surface area contributed by atoms with Gasteiger partial charge in [0.25, 0.3) is 0 Å². The summed E-state index contributed by atoms with van der Waals surface area (Å²) in [6.45, 7) is 4.11. The van der Waals surface area contributed by atoms with Crippen molar-refractivity contribution in [2.45, 2.75) is 6.42 Å². The molecule has 1 N–H and O–H groups in total. The van der Waals surface area contributed by atoms with Crippen LogP contribution in [-0.2, 0) is 6.42 Å². The van der Waals surface area contributed by atoms with Crippen LogP contribution in [0.2, 0.25) is 0 Å². The first-order valence-corrected chi connectivity index (χ1v) is 5.77. The molecule has 0 saturated heterocycles. The van der Waals surface area contributed by atoms with E-state index < -0.39 is 0 Å². The van der Waals surface area contributed by atoms with Gasteiger partial charge in [0.1, 0.15) is 0 Å². The SMILES string of the molecule is C=C(Cc1ccc[nH]1)c1ccc(OC)c(OC)c1. The summed E-state index contributed by atoms with van der Waals surface area (Å²) >= 11 is 0. The fourth-order valence-corrected chi connectivity index (χ4v) is 1.87. The van der Waals surface area contributed by atoms with Gasteiger partial charge in [-0.15, -0.1) is 0 Å². The van der Waals surface area contributed by atoms with E-state index >= 15 is 0 Å². The minimum absolute atomic E-state index is 0.725. The zero-order chi connectivity index (χ0) is 13.0. The number of ether oxygens (including phenoxy) is 2. The second kappa shape index (κ2) is 5.45. The Hall–Kier alpha value is -2.16. The summed E-state index contributed by atoms with van der Waals surface area (Å²) in [5.74, 6) is 1.46. The molecule has 94 valence electrons. The Morgan fingerprint density at radius 2 is 1.94 bits per heavy atom. The minimum atomic E-state index is 0.725. The second-order valence-corrected chi connectivity index (χ2v) is 4.05. The first-order valence-electron chi connectivity index (χ1n) is 5.77. The molecule has 2 aromatic rings. The third-order valence-electron chi connectivity index (χ3n) is 2.86. The number of hydrogen-bond donors (Lipinski definition) is 1. The van der Waals surface area contributed by atoms with Crippen LogP contribution in [0.5, 0.6) is 11.5 Å². The molecule has 0 unspecified atom stereocenters. The third kappa shape index (κ3) is 2.56. The fraction of sp³-hybridized carbons (Fsp3) is 0.200. The van der Waals surface area contributed by atoms with Crippen LogP contribution in [0.3, 0.4) is 0 Å². The van der Waals surface area contributed by atoms with Crippen molar-refractivity contribution < 1.29 is 9.47 Å².